The van der Waals surface area contributed by atoms with Gasteiger partial charge in [-0.25, -0.2) is 4.99 Å². The van der Waals surface area contributed by atoms with Gasteiger partial charge in [-0.3, -0.25) is 0 Å². The van der Waals surface area contributed by atoms with Crippen LogP contribution in [0.4, 0.5) is 0 Å². The summed E-state index contributed by atoms with van der Waals surface area (Å²) in [6.07, 6.45) is 12.9. The fraction of sp³-hybridized carbons (Fsp3) is 0.211. The second-order valence-corrected chi connectivity index (χ2v) is 5.93. The average molecular weight is 311 g/mol. The molecule has 0 atom stereocenters. The van der Waals surface area contributed by atoms with Gasteiger partial charge in [0.2, 0.25) is 0 Å². The highest BCUT2D eigenvalue weighted by Crippen LogP contribution is 2.20. The first-order valence-corrected chi connectivity index (χ1v) is 7.95. The topological polar surface area (TPSA) is 15.6 Å². The molecule has 1 aromatic carbocycles. The second-order valence-electron chi connectivity index (χ2n) is 5.50. The third-order valence-electron chi connectivity index (χ3n) is 3.83. The maximum absolute atomic E-state index is 5.93. The van der Waals surface area contributed by atoms with Crippen molar-refractivity contribution in [1.29, 1.82) is 0 Å². The van der Waals surface area contributed by atoms with Gasteiger partial charge in [-0.1, -0.05) is 48.5 Å². The quantitative estimate of drug-likeness (QED) is 0.778. The summed E-state index contributed by atoms with van der Waals surface area (Å²) in [6, 6.07) is 7.61. The first-order chi connectivity index (χ1) is 10.7. The number of aliphatic imine (C=N–C) groups is 1. The third kappa shape index (κ3) is 3.58. The average Bonchev–Trinajstić information content (AvgIpc) is 3.03. The number of benzene rings is 1. The Labute approximate surface area is 136 Å². The van der Waals surface area contributed by atoms with Gasteiger partial charge < -0.3 is 4.90 Å². The highest BCUT2D eigenvalue weighted by atomic mass is 35.5. The van der Waals surface area contributed by atoms with E-state index in [2.05, 4.69) is 23.8 Å². The van der Waals surface area contributed by atoms with Crippen LogP contribution < -0.4 is 0 Å². The molecule has 0 N–H and O–H groups in total. The van der Waals surface area contributed by atoms with Crippen LogP contribution in [0, 0.1) is 0 Å². The Morgan fingerprint density at radius 2 is 1.77 bits per heavy atom. The lowest BCUT2D eigenvalue weighted by Gasteiger charge is -2.15. The molecular formula is C19H19ClN2. The Morgan fingerprint density at radius 1 is 1.09 bits per heavy atom. The number of hydrogen-bond donors (Lipinski definition) is 0. The summed E-state index contributed by atoms with van der Waals surface area (Å²) < 4.78 is 0. The van der Waals surface area contributed by atoms with Crippen molar-refractivity contribution in [2.24, 2.45) is 4.99 Å². The number of nitrogens with zero attached hydrogens (tertiary/aromatic N) is 2. The summed E-state index contributed by atoms with van der Waals surface area (Å²) in [7, 11) is 0. The molecule has 3 heteroatoms. The summed E-state index contributed by atoms with van der Waals surface area (Å²) in [4.78, 5) is 7.07. The minimum Gasteiger partial charge on any atom is -0.377 e. The monoisotopic (exact) mass is 310 g/mol. The van der Waals surface area contributed by atoms with Gasteiger partial charge in [0.15, 0.2) is 0 Å². The van der Waals surface area contributed by atoms with E-state index in [1.807, 2.05) is 42.5 Å². The molecule has 112 valence electrons. The number of halogens is 1. The fourth-order valence-corrected chi connectivity index (χ4v) is 2.74. The Balaban J connectivity index is 1.84. The summed E-state index contributed by atoms with van der Waals surface area (Å²) in [5, 5.41) is 0.722. The van der Waals surface area contributed by atoms with E-state index in [1.165, 1.54) is 12.8 Å². The van der Waals surface area contributed by atoms with E-state index >= 15 is 0 Å². The zero-order valence-electron chi connectivity index (χ0n) is 12.5. The van der Waals surface area contributed by atoms with Crippen LogP contribution >= 0.6 is 11.6 Å². The zero-order chi connectivity index (χ0) is 15.4. The van der Waals surface area contributed by atoms with Gasteiger partial charge >= 0.3 is 0 Å². The minimum absolute atomic E-state index is 0.722. The van der Waals surface area contributed by atoms with Crippen molar-refractivity contribution in [3.8, 4) is 0 Å². The molecule has 1 heterocycles. The van der Waals surface area contributed by atoms with Crippen LogP contribution in [0.2, 0.25) is 5.02 Å². The smallest absolute Gasteiger partial charge is 0.0723 e. The molecule has 1 saturated heterocycles. The maximum Gasteiger partial charge on any atom is 0.0723 e. The Morgan fingerprint density at radius 3 is 2.50 bits per heavy atom. The predicted octanol–water partition coefficient (Wildman–Crippen LogP) is 4.86. The number of allylic oxidation sites excluding steroid dienone is 5. The molecule has 22 heavy (non-hydrogen) atoms. The van der Waals surface area contributed by atoms with Crippen LogP contribution in [0.25, 0.3) is 5.70 Å². The first-order valence-electron chi connectivity index (χ1n) is 7.57. The van der Waals surface area contributed by atoms with Crippen LogP contribution in [-0.4, -0.2) is 23.7 Å². The lowest BCUT2D eigenvalue weighted by atomic mass is 10.1. The lowest BCUT2D eigenvalue weighted by Crippen LogP contribution is -2.14. The van der Waals surface area contributed by atoms with E-state index < -0.39 is 0 Å². The zero-order valence-corrected chi connectivity index (χ0v) is 13.3. The molecule has 3 rings (SSSR count). The molecule has 1 aliphatic heterocycles. The standard InChI is InChI=1S/C19H19ClN2/c1-15(16-8-10-18(20)11-9-16)21-19-7-3-2-6-17(19)14-22-12-4-5-13-22/h2-3,6-11,14H,1,4-5,12-13H2/b17-14+,21-19-. The van der Waals surface area contributed by atoms with Gasteiger partial charge in [0.05, 0.1) is 11.4 Å². The van der Waals surface area contributed by atoms with Crippen LogP contribution in [0.3, 0.4) is 0 Å². The highest BCUT2D eigenvalue weighted by molar-refractivity contribution is 6.30. The maximum atomic E-state index is 5.93. The SMILES string of the molecule is C=C(/N=C1/C=CC=C/C1=C\N1CCCC1)c1ccc(Cl)cc1. The van der Waals surface area contributed by atoms with Crippen molar-refractivity contribution in [3.63, 3.8) is 0 Å². The molecular weight excluding hydrogens is 292 g/mol. The van der Waals surface area contributed by atoms with Gasteiger partial charge in [0.1, 0.15) is 0 Å². The summed E-state index contributed by atoms with van der Waals surface area (Å²) in [5.74, 6) is 0. The van der Waals surface area contributed by atoms with Gasteiger partial charge in [0.25, 0.3) is 0 Å². The van der Waals surface area contributed by atoms with Gasteiger partial charge in [-0.2, -0.15) is 0 Å². The first kappa shape index (κ1) is 14.9. The molecule has 1 aromatic rings. The molecule has 0 aromatic heterocycles. The normalized spacial score (nSPS) is 21.0. The Bertz CT molecular complexity index is 672. The number of likely N-dealkylation sites (tertiary alicyclic amines) is 1. The van der Waals surface area contributed by atoms with Crippen molar-refractivity contribution in [2.45, 2.75) is 12.8 Å². The molecule has 0 spiro atoms. The van der Waals surface area contributed by atoms with Gasteiger partial charge in [0, 0.05) is 29.9 Å². The van der Waals surface area contributed by atoms with Gasteiger partial charge in [-0.15, -0.1) is 0 Å². The third-order valence-corrected chi connectivity index (χ3v) is 4.08. The van der Waals surface area contributed by atoms with Crippen molar-refractivity contribution >= 4 is 23.0 Å². The predicted molar refractivity (Wildman–Crippen MR) is 95.1 cm³/mol. The molecule has 2 aliphatic rings. The lowest BCUT2D eigenvalue weighted by molar-refractivity contribution is 0.467. The summed E-state index contributed by atoms with van der Waals surface area (Å²) >= 11 is 5.93. The molecule has 1 aliphatic carbocycles. The Hall–Kier alpha value is -2.06. The van der Waals surface area contributed by atoms with Crippen LogP contribution in [0.15, 0.2) is 71.9 Å². The van der Waals surface area contributed by atoms with Crippen LogP contribution in [0.1, 0.15) is 18.4 Å². The van der Waals surface area contributed by atoms with Gasteiger partial charge in [-0.05, 0) is 36.6 Å². The molecule has 2 nitrogen and oxygen atoms in total. The largest absolute Gasteiger partial charge is 0.377 e. The summed E-state index contributed by atoms with van der Waals surface area (Å²) in [5.41, 5.74) is 3.83. The van der Waals surface area contributed by atoms with E-state index in [1.54, 1.807) is 0 Å². The van der Waals surface area contributed by atoms with E-state index in [9.17, 15) is 0 Å². The molecule has 0 amide bonds. The van der Waals surface area contributed by atoms with E-state index in [0.29, 0.717) is 0 Å². The number of rotatable bonds is 3. The van der Waals surface area contributed by atoms with E-state index in [0.717, 1.165) is 40.7 Å². The van der Waals surface area contributed by atoms with Crippen molar-refractivity contribution in [2.75, 3.05) is 13.1 Å². The molecule has 0 bridgehead atoms. The summed E-state index contributed by atoms with van der Waals surface area (Å²) in [6.45, 7) is 6.35. The molecule has 1 fully saturated rings. The second kappa shape index (κ2) is 6.80. The van der Waals surface area contributed by atoms with E-state index in [4.69, 9.17) is 16.6 Å². The van der Waals surface area contributed by atoms with Crippen LogP contribution in [-0.2, 0) is 0 Å². The van der Waals surface area contributed by atoms with Crippen LogP contribution in [0.5, 0.6) is 0 Å². The molecule has 0 saturated carbocycles. The fourth-order valence-electron chi connectivity index (χ4n) is 2.62. The molecule has 0 radical (unpaired) electrons. The van der Waals surface area contributed by atoms with Crippen molar-refractivity contribution in [3.05, 3.63) is 77.5 Å². The van der Waals surface area contributed by atoms with Crippen molar-refractivity contribution in [1.82, 2.24) is 4.90 Å². The number of hydrogen-bond acceptors (Lipinski definition) is 2. The van der Waals surface area contributed by atoms with E-state index in [-0.39, 0.29) is 0 Å². The van der Waals surface area contributed by atoms with Crippen molar-refractivity contribution < 1.29 is 0 Å². The Kier molecular flexibility index (Phi) is 4.59. The highest BCUT2D eigenvalue weighted by Gasteiger charge is 2.11. The minimum atomic E-state index is 0.722. The molecule has 0 unspecified atom stereocenters.